The summed E-state index contributed by atoms with van der Waals surface area (Å²) in [6.07, 6.45) is 27.4. The van der Waals surface area contributed by atoms with Crippen molar-refractivity contribution >= 4 is 10.4 Å². The van der Waals surface area contributed by atoms with Crippen LogP contribution in [0.15, 0.2) is 0 Å². The minimum atomic E-state index is -4.67. The van der Waals surface area contributed by atoms with Crippen LogP contribution in [0.2, 0.25) is 0 Å². The fourth-order valence-electron chi connectivity index (χ4n) is 4.67. The van der Waals surface area contributed by atoms with Crippen molar-refractivity contribution in [3.8, 4) is 11.8 Å². The second-order valence-corrected chi connectivity index (χ2v) is 12.1. The first-order valence-electron chi connectivity index (χ1n) is 16.8. The molecule has 0 bridgehead atoms. The lowest BCUT2D eigenvalue weighted by Crippen LogP contribution is -2.50. The summed E-state index contributed by atoms with van der Waals surface area (Å²) < 4.78 is 33.0. The van der Waals surface area contributed by atoms with Gasteiger partial charge >= 0.3 is 10.4 Å². The Morgan fingerprint density at radius 3 is 1.05 bits per heavy atom. The third-order valence-electron chi connectivity index (χ3n) is 7.18. The van der Waals surface area contributed by atoms with Crippen molar-refractivity contribution in [2.45, 2.75) is 169 Å². The molecule has 0 heterocycles. The Morgan fingerprint density at radius 2 is 0.750 bits per heavy atom. The average Bonchev–Trinajstić information content (AvgIpc) is 2.92. The molecule has 242 valence electrons. The van der Waals surface area contributed by atoms with Gasteiger partial charge in [0.1, 0.15) is 0 Å². The van der Waals surface area contributed by atoms with E-state index >= 15 is 0 Å². The van der Waals surface area contributed by atoms with Crippen molar-refractivity contribution in [2.24, 2.45) is 0 Å². The van der Waals surface area contributed by atoms with E-state index in [-0.39, 0.29) is 0 Å². The molecule has 0 aromatic heterocycles. The second kappa shape index (κ2) is 34.6. The van der Waals surface area contributed by atoms with E-state index < -0.39 is 10.4 Å². The first kappa shape index (κ1) is 43.8. The lowest BCUT2D eigenvalue weighted by molar-refractivity contribution is -0.929. The molecule has 0 atom stereocenters. The number of aliphatic hydroxyl groups excluding tert-OH is 1. The van der Waals surface area contributed by atoms with Crippen LogP contribution < -0.4 is 0 Å². The van der Waals surface area contributed by atoms with E-state index in [0.29, 0.717) is 6.61 Å². The molecule has 0 rings (SSSR count). The summed E-state index contributed by atoms with van der Waals surface area (Å²) in [6, 6.07) is 0. The summed E-state index contributed by atoms with van der Waals surface area (Å²) >= 11 is 0. The first-order chi connectivity index (χ1) is 19.2. The molecule has 0 aliphatic rings. The molecule has 0 unspecified atom stereocenters. The number of aliphatic hydroxyl groups is 1. The number of unbranched alkanes of at least 4 members (excludes halogenated alkanes) is 15. The Bertz CT molecular complexity index is 597. The van der Waals surface area contributed by atoms with E-state index in [0.717, 1.165) is 32.1 Å². The van der Waals surface area contributed by atoms with Crippen LogP contribution in [0, 0.1) is 11.8 Å². The molecule has 6 nitrogen and oxygen atoms in total. The Hall–Kier alpha value is -0.650. The Kier molecular flexibility index (Phi) is 37.8. The van der Waals surface area contributed by atoms with Crippen LogP contribution in [0.3, 0.4) is 0 Å². The number of rotatable bonds is 24. The quantitative estimate of drug-likeness (QED) is 0.0449. The standard InChI is InChI=1S/C17H32O.C16H36N.H2O4S/c1-2-3-4-5-6-7-8-9-10-11-12-13-14-15-16-17-18;1-5-9-13-17(14-10-6-2,15-11-7-3)16-12-8-4;1-5(2,3)4/h18H,2-10,13-17H2,1H3;5-16H2,1-4H3;(H2,1,2,3,4)/q;+1;. The topological polar surface area (TPSA) is 94.8 Å². The predicted octanol–water partition coefficient (Wildman–Crippen LogP) is 9.42. The summed E-state index contributed by atoms with van der Waals surface area (Å²) in [5.41, 5.74) is 0. The minimum Gasteiger partial charge on any atom is -0.396 e. The van der Waals surface area contributed by atoms with Gasteiger partial charge in [0.15, 0.2) is 0 Å². The van der Waals surface area contributed by atoms with Gasteiger partial charge in [-0.15, -0.1) is 11.8 Å². The van der Waals surface area contributed by atoms with E-state index in [1.165, 1.54) is 133 Å². The summed E-state index contributed by atoms with van der Waals surface area (Å²) in [6.45, 7) is 17.6. The molecule has 0 spiro atoms. The number of hydrogen-bond acceptors (Lipinski definition) is 3. The normalized spacial score (nSPS) is 11.1. The molecular weight excluding hydrogens is 522 g/mol. The molecule has 0 saturated heterocycles. The van der Waals surface area contributed by atoms with Crippen molar-refractivity contribution in [1.29, 1.82) is 0 Å². The van der Waals surface area contributed by atoms with Gasteiger partial charge in [-0.05, 0) is 44.9 Å². The van der Waals surface area contributed by atoms with Crippen LogP contribution >= 0.6 is 0 Å². The lowest BCUT2D eigenvalue weighted by Gasteiger charge is -2.39. The molecule has 0 amide bonds. The summed E-state index contributed by atoms with van der Waals surface area (Å²) in [5, 5.41) is 8.62. The van der Waals surface area contributed by atoms with Gasteiger partial charge in [0, 0.05) is 19.4 Å². The third-order valence-corrected chi connectivity index (χ3v) is 7.18. The van der Waals surface area contributed by atoms with E-state index in [9.17, 15) is 0 Å². The van der Waals surface area contributed by atoms with Gasteiger partial charge < -0.3 is 9.59 Å². The highest BCUT2D eigenvalue weighted by molar-refractivity contribution is 7.79. The SMILES string of the molecule is CCCCCCCCCCC#CCCCCCO.CCCC[N+](CCCC)(CCCC)CCCC.O=S(=O)(O)O. The van der Waals surface area contributed by atoms with Gasteiger partial charge in [0.2, 0.25) is 0 Å². The molecular formula is C33H70NO5S+. The monoisotopic (exact) mass is 592 g/mol. The molecule has 7 heteroatoms. The van der Waals surface area contributed by atoms with E-state index in [4.69, 9.17) is 22.6 Å². The summed E-state index contributed by atoms with van der Waals surface area (Å²) in [5.74, 6) is 6.49. The van der Waals surface area contributed by atoms with Crippen LogP contribution in [0.1, 0.15) is 169 Å². The van der Waals surface area contributed by atoms with Gasteiger partial charge in [-0.2, -0.15) is 8.42 Å². The molecule has 0 aliphatic carbocycles. The molecule has 0 saturated carbocycles. The van der Waals surface area contributed by atoms with Gasteiger partial charge in [-0.25, -0.2) is 0 Å². The number of nitrogens with zero attached hydrogens (tertiary/aromatic N) is 1. The molecule has 0 aromatic carbocycles. The largest absolute Gasteiger partial charge is 0.396 e. The average molecular weight is 593 g/mol. The highest BCUT2D eigenvalue weighted by Crippen LogP contribution is 2.16. The summed E-state index contributed by atoms with van der Waals surface area (Å²) in [4.78, 5) is 0. The van der Waals surface area contributed by atoms with Crippen molar-refractivity contribution in [1.82, 2.24) is 0 Å². The molecule has 0 aliphatic heterocycles. The van der Waals surface area contributed by atoms with Crippen LogP contribution in [0.4, 0.5) is 0 Å². The van der Waals surface area contributed by atoms with E-state index in [2.05, 4.69) is 46.5 Å². The van der Waals surface area contributed by atoms with Gasteiger partial charge in [0.25, 0.3) is 0 Å². The Balaban J connectivity index is -0.000000586. The van der Waals surface area contributed by atoms with Gasteiger partial charge in [-0.1, -0.05) is 112 Å². The Morgan fingerprint density at radius 1 is 0.475 bits per heavy atom. The lowest BCUT2D eigenvalue weighted by atomic mass is 10.1. The number of hydrogen-bond donors (Lipinski definition) is 3. The predicted molar refractivity (Wildman–Crippen MR) is 174 cm³/mol. The van der Waals surface area contributed by atoms with Crippen molar-refractivity contribution < 1.29 is 27.1 Å². The fourth-order valence-corrected chi connectivity index (χ4v) is 4.67. The van der Waals surface area contributed by atoms with E-state index in [1.54, 1.807) is 0 Å². The fraction of sp³-hybridized carbons (Fsp3) is 0.939. The Labute approximate surface area is 251 Å². The first-order valence-corrected chi connectivity index (χ1v) is 18.2. The molecule has 0 fully saturated rings. The van der Waals surface area contributed by atoms with Crippen molar-refractivity contribution in [3.63, 3.8) is 0 Å². The van der Waals surface area contributed by atoms with Crippen LogP contribution in [-0.4, -0.2) is 59.9 Å². The maximum absolute atomic E-state index is 8.74. The van der Waals surface area contributed by atoms with Crippen LogP contribution in [0.25, 0.3) is 0 Å². The van der Waals surface area contributed by atoms with Crippen LogP contribution in [0.5, 0.6) is 0 Å². The molecule has 3 N–H and O–H groups in total. The van der Waals surface area contributed by atoms with Crippen LogP contribution in [-0.2, 0) is 10.4 Å². The highest BCUT2D eigenvalue weighted by atomic mass is 32.3. The van der Waals surface area contributed by atoms with Crippen molar-refractivity contribution in [3.05, 3.63) is 0 Å². The van der Waals surface area contributed by atoms with Crippen molar-refractivity contribution in [2.75, 3.05) is 32.8 Å². The van der Waals surface area contributed by atoms with E-state index in [1.807, 2.05) is 0 Å². The highest BCUT2D eigenvalue weighted by Gasteiger charge is 2.24. The zero-order valence-corrected chi connectivity index (χ0v) is 28.2. The zero-order chi connectivity index (χ0) is 30.8. The minimum absolute atomic E-state index is 0.325. The second-order valence-electron chi connectivity index (χ2n) is 11.2. The number of quaternary nitrogens is 1. The van der Waals surface area contributed by atoms with Gasteiger partial charge in [0.05, 0.1) is 26.2 Å². The van der Waals surface area contributed by atoms with Gasteiger partial charge in [-0.3, -0.25) is 9.11 Å². The third kappa shape index (κ3) is 41.8. The maximum Gasteiger partial charge on any atom is 0.394 e. The molecule has 40 heavy (non-hydrogen) atoms. The zero-order valence-electron chi connectivity index (χ0n) is 27.4. The molecule has 0 aromatic rings. The maximum atomic E-state index is 8.74. The molecule has 0 radical (unpaired) electrons. The smallest absolute Gasteiger partial charge is 0.394 e. The summed E-state index contributed by atoms with van der Waals surface area (Å²) in [7, 11) is -4.67.